The van der Waals surface area contributed by atoms with E-state index in [1.165, 1.54) is 5.56 Å². The Morgan fingerprint density at radius 3 is 2.37 bits per heavy atom. The normalized spacial score (nSPS) is 29.2. The molecule has 0 bridgehead atoms. The lowest BCUT2D eigenvalue weighted by Gasteiger charge is -2.34. The van der Waals surface area contributed by atoms with Crippen LogP contribution in [0.15, 0.2) is 18.2 Å². The van der Waals surface area contributed by atoms with Crippen molar-refractivity contribution in [1.82, 2.24) is 5.32 Å². The average molecular weight is 302 g/mol. The highest BCUT2D eigenvalue weighted by Crippen LogP contribution is 2.27. The summed E-state index contributed by atoms with van der Waals surface area (Å²) in [5, 5.41) is 4.88. The molecule has 0 aromatic heterocycles. The SMILES string of the molecule is CC1CC(NC(C)c2ccc(Cl)c(Cl)c2)CC(C)O1. The van der Waals surface area contributed by atoms with E-state index < -0.39 is 0 Å². The zero-order valence-electron chi connectivity index (χ0n) is 11.6. The molecule has 1 aromatic rings. The van der Waals surface area contributed by atoms with Crippen LogP contribution in [0.5, 0.6) is 0 Å². The molecule has 1 aliphatic rings. The Hall–Kier alpha value is -0.280. The van der Waals surface area contributed by atoms with Crippen LogP contribution in [0.4, 0.5) is 0 Å². The Labute approximate surface area is 125 Å². The molecular formula is C15H21Cl2NO. The maximum Gasteiger partial charge on any atom is 0.0595 e. The minimum Gasteiger partial charge on any atom is -0.375 e. The van der Waals surface area contributed by atoms with Crippen molar-refractivity contribution in [2.24, 2.45) is 0 Å². The zero-order valence-corrected chi connectivity index (χ0v) is 13.1. The number of hydrogen-bond acceptors (Lipinski definition) is 2. The molecule has 1 saturated heterocycles. The monoisotopic (exact) mass is 301 g/mol. The van der Waals surface area contributed by atoms with E-state index in [0.717, 1.165) is 12.8 Å². The van der Waals surface area contributed by atoms with Crippen molar-refractivity contribution in [3.05, 3.63) is 33.8 Å². The number of nitrogens with one attached hydrogen (secondary N) is 1. The molecule has 1 fully saturated rings. The van der Waals surface area contributed by atoms with Gasteiger partial charge in [-0.15, -0.1) is 0 Å². The summed E-state index contributed by atoms with van der Waals surface area (Å²) in [6.45, 7) is 6.42. The molecule has 1 aromatic carbocycles. The van der Waals surface area contributed by atoms with Crippen molar-refractivity contribution in [2.45, 2.75) is 57.9 Å². The van der Waals surface area contributed by atoms with Crippen LogP contribution in [0.25, 0.3) is 0 Å². The molecule has 0 amide bonds. The summed E-state index contributed by atoms with van der Waals surface area (Å²) in [7, 11) is 0. The molecule has 4 heteroatoms. The van der Waals surface area contributed by atoms with E-state index >= 15 is 0 Å². The maximum atomic E-state index is 6.07. The van der Waals surface area contributed by atoms with Gasteiger partial charge in [0.05, 0.1) is 22.3 Å². The van der Waals surface area contributed by atoms with Gasteiger partial charge in [-0.25, -0.2) is 0 Å². The first-order chi connectivity index (χ1) is 8.95. The Balaban J connectivity index is 2.00. The van der Waals surface area contributed by atoms with Crippen molar-refractivity contribution in [3.63, 3.8) is 0 Å². The van der Waals surface area contributed by atoms with Gasteiger partial charge in [-0.05, 0) is 51.3 Å². The highest BCUT2D eigenvalue weighted by atomic mass is 35.5. The van der Waals surface area contributed by atoms with Crippen molar-refractivity contribution in [1.29, 1.82) is 0 Å². The summed E-state index contributed by atoms with van der Waals surface area (Å²) in [4.78, 5) is 0. The number of rotatable bonds is 3. The maximum absolute atomic E-state index is 6.07. The summed E-state index contributed by atoms with van der Waals surface area (Å²) in [5.74, 6) is 0. The second kappa shape index (κ2) is 6.45. The smallest absolute Gasteiger partial charge is 0.0595 e. The molecule has 3 unspecified atom stereocenters. The molecule has 106 valence electrons. The van der Waals surface area contributed by atoms with Crippen LogP contribution < -0.4 is 5.32 Å². The Morgan fingerprint density at radius 2 is 1.79 bits per heavy atom. The topological polar surface area (TPSA) is 21.3 Å². The van der Waals surface area contributed by atoms with Crippen LogP contribution in [-0.2, 0) is 4.74 Å². The van der Waals surface area contributed by atoms with Crippen LogP contribution in [-0.4, -0.2) is 18.2 Å². The van der Waals surface area contributed by atoms with Gasteiger partial charge in [0.25, 0.3) is 0 Å². The highest BCUT2D eigenvalue weighted by molar-refractivity contribution is 6.42. The van der Waals surface area contributed by atoms with Gasteiger partial charge in [0.15, 0.2) is 0 Å². The molecule has 19 heavy (non-hydrogen) atoms. The summed E-state index contributed by atoms with van der Waals surface area (Å²) < 4.78 is 5.76. The zero-order chi connectivity index (χ0) is 14.0. The van der Waals surface area contributed by atoms with Crippen LogP contribution in [0.1, 0.15) is 45.2 Å². The number of ether oxygens (including phenoxy) is 1. The second-order valence-electron chi connectivity index (χ2n) is 5.49. The molecule has 0 saturated carbocycles. The average Bonchev–Trinajstić information content (AvgIpc) is 2.31. The predicted molar refractivity (Wildman–Crippen MR) is 81.0 cm³/mol. The molecule has 1 aliphatic heterocycles. The summed E-state index contributed by atoms with van der Waals surface area (Å²) in [6.07, 6.45) is 2.75. The lowest BCUT2D eigenvalue weighted by atomic mass is 9.98. The molecule has 3 atom stereocenters. The molecule has 0 radical (unpaired) electrons. The van der Waals surface area contributed by atoms with Gasteiger partial charge in [-0.1, -0.05) is 29.3 Å². The third-order valence-corrected chi connectivity index (χ3v) is 4.37. The Kier molecular flexibility index (Phi) is 5.13. The quantitative estimate of drug-likeness (QED) is 0.881. The molecule has 1 N–H and O–H groups in total. The van der Waals surface area contributed by atoms with Crippen molar-refractivity contribution < 1.29 is 4.74 Å². The van der Waals surface area contributed by atoms with E-state index in [1.54, 1.807) is 0 Å². The van der Waals surface area contributed by atoms with Gasteiger partial charge >= 0.3 is 0 Å². The van der Waals surface area contributed by atoms with E-state index in [2.05, 4.69) is 26.1 Å². The van der Waals surface area contributed by atoms with E-state index in [1.807, 2.05) is 18.2 Å². The van der Waals surface area contributed by atoms with Gasteiger partial charge in [0.2, 0.25) is 0 Å². The van der Waals surface area contributed by atoms with Crippen molar-refractivity contribution in [2.75, 3.05) is 0 Å². The minimum absolute atomic E-state index is 0.261. The highest BCUT2D eigenvalue weighted by Gasteiger charge is 2.25. The fourth-order valence-corrected chi connectivity index (χ4v) is 3.08. The third kappa shape index (κ3) is 4.09. The lowest BCUT2D eigenvalue weighted by molar-refractivity contribution is -0.0433. The van der Waals surface area contributed by atoms with Crippen LogP contribution in [0, 0.1) is 0 Å². The molecule has 0 spiro atoms. The third-order valence-electron chi connectivity index (χ3n) is 3.63. The van der Waals surface area contributed by atoms with E-state index in [4.69, 9.17) is 27.9 Å². The van der Waals surface area contributed by atoms with Gasteiger partial charge in [-0.3, -0.25) is 0 Å². The number of hydrogen-bond donors (Lipinski definition) is 1. The van der Waals surface area contributed by atoms with Gasteiger partial charge < -0.3 is 10.1 Å². The fourth-order valence-electron chi connectivity index (χ4n) is 2.77. The Morgan fingerprint density at radius 1 is 1.16 bits per heavy atom. The predicted octanol–water partition coefficient (Wildman–Crippen LogP) is 4.60. The molecule has 2 nitrogen and oxygen atoms in total. The molecule has 1 heterocycles. The fraction of sp³-hybridized carbons (Fsp3) is 0.600. The van der Waals surface area contributed by atoms with E-state index in [9.17, 15) is 0 Å². The molecule has 2 rings (SSSR count). The minimum atomic E-state index is 0.261. The summed E-state index contributed by atoms with van der Waals surface area (Å²) in [6, 6.07) is 6.57. The first kappa shape index (κ1) is 15.1. The Bertz CT molecular complexity index is 428. The largest absolute Gasteiger partial charge is 0.375 e. The summed E-state index contributed by atoms with van der Waals surface area (Å²) in [5.41, 5.74) is 1.17. The second-order valence-corrected chi connectivity index (χ2v) is 6.30. The van der Waals surface area contributed by atoms with Gasteiger partial charge in [0, 0.05) is 12.1 Å². The summed E-state index contributed by atoms with van der Waals surface area (Å²) >= 11 is 12.0. The van der Waals surface area contributed by atoms with Gasteiger partial charge in [0.1, 0.15) is 0 Å². The number of halogens is 2. The van der Waals surface area contributed by atoms with Crippen LogP contribution >= 0.6 is 23.2 Å². The first-order valence-corrected chi connectivity index (χ1v) is 7.57. The van der Waals surface area contributed by atoms with Crippen molar-refractivity contribution >= 4 is 23.2 Å². The standard InChI is InChI=1S/C15H21Cl2NO/c1-9-6-13(7-10(2)19-9)18-11(3)12-4-5-14(16)15(17)8-12/h4-5,8-11,13,18H,6-7H2,1-3H3. The molecule has 0 aliphatic carbocycles. The van der Waals surface area contributed by atoms with Crippen LogP contribution in [0.2, 0.25) is 10.0 Å². The van der Waals surface area contributed by atoms with Crippen molar-refractivity contribution in [3.8, 4) is 0 Å². The van der Waals surface area contributed by atoms with Crippen LogP contribution in [0.3, 0.4) is 0 Å². The van der Waals surface area contributed by atoms with Gasteiger partial charge in [-0.2, -0.15) is 0 Å². The first-order valence-electron chi connectivity index (χ1n) is 6.82. The molecular weight excluding hydrogens is 281 g/mol. The lowest BCUT2D eigenvalue weighted by Crippen LogP contribution is -2.42. The van der Waals surface area contributed by atoms with E-state index in [-0.39, 0.29) is 6.04 Å². The van der Waals surface area contributed by atoms with E-state index in [0.29, 0.717) is 28.3 Å². The number of benzene rings is 1.